The summed E-state index contributed by atoms with van der Waals surface area (Å²) in [7, 11) is 0. The molecule has 9 nitrogen and oxygen atoms in total. The van der Waals surface area contributed by atoms with Gasteiger partial charge in [0.1, 0.15) is 0 Å². The maximum absolute atomic E-state index is 12.4. The Balaban J connectivity index is 1.39. The number of hydrogen-bond acceptors (Lipinski definition) is 6. The number of hydrogen-bond donors (Lipinski definition) is 2. The molecule has 1 aliphatic heterocycles. The van der Waals surface area contributed by atoms with Gasteiger partial charge in [-0.15, -0.1) is 0 Å². The molecular weight excluding hydrogens is 378 g/mol. The monoisotopic (exact) mass is 401 g/mol. The Morgan fingerprint density at radius 1 is 1.10 bits per heavy atom. The average Bonchev–Trinajstić information content (AvgIpc) is 3.19. The molecule has 9 heteroatoms. The Morgan fingerprint density at radius 3 is 2.59 bits per heavy atom. The summed E-state index contributed by atoms with van der Waals surface area (Å²) in [5.41, 5.74) is 1.10. The lowest BCUT2D eigenvalue weighted by molar-refractivity contribution is -0.148. The molecule has 0 aromatic heterocycles. The van der Waals surface area contributed by atoms with E-state index >= 15 is 0 Å². The molecule has 0 spiro atoms. The first-order valence-corrected chi connectivity index (χ1v) is 9.62. The van der Waals surface area contributed by atoms with Gasteiger partial charge in [0.25, 0.3) is 11.8 Å². The van der Waals surface area contributed by atoms with Crippen LogP contribution in [0.15, 0.2) is 24.3 Å². The van der Waals surface area contributed by atoms with E-state index in [0.29, 0.717) is 11.1 Å². The minimum atomic E-state index is -0.743. The molecule has 1 aromatic rings. The van der Waals surface area contributed by atoms with E-state index in [1.54, 1.807) is 24.3 Å². The lowest BCUT2D eigenvalue weighted by Crippen LogP contribution is -2.45. The van der Waals surface area contributed by atoms with E-state index in [1.165, 1.54) is 0 Å². The van der Waals surface area contributed by atoms with E-state index in [9.17, 15) is 24.0 Å². The molecule has 1 heterocycles. The SMILES string of the molecule is O=C(COC(=O)CCN1C(=O)Cc2ccccc2C1=O)NC(=O)NC1CCCC1. The molecule has 2 N–H and O–H groups in total. The lowest BCUT2D eigenvalue weighted by atomic mass is 9.98. The van der Waals surface area contributed by atoms with Gasteiger partial charge in [-0.2, -0.15) is 0 Å². The first-order chi connectivity index (χ1) is 13.9. The summed E-state index contributed by atoms with van der Waals surface area (Å²) < 4.78 is 4.83. The molecule has 1 saturated carbocycles. The van der Waals surface area contributed by atoms with Crippen molar-refractivity contribution in [3.63, 3.8) is 0 Å². The number of urea groups is 1. The van der Waals surface area contributed by atoms with E-state index < -0.39 is 30.4 Å². The van der Waals surface area contributed by atoms with Gasteiger partial charge in [-0.05, 0) is 24.5 Å². The van der Waals surface area contributed by atoms with Crippen LogP contribution in [0.3, 0.4) is 0 Å². The molecule has 0 bridgehead atoms. The zero-order valence-corrected chi connectivity index (χ0v) is 15.9. The van der Waals surface area contributed by atoms with E-state index in [0.717, 1.165) is 30.6 Å². The summed E-state index contributed by atoms with van der Waals surface area (Å²) in [5, 5.41) is 4.80. The van der Waals surface area contributed by atoms with Crippen LogP contribution in [0.25, 0.3) is 0 Å². The lowest BCUT2D eigenvalue weighted by Gasteiger charge is -2.26. The minimum absolute atomic E-state index is 0.0649. The van der Waals surface area contributed by atoms with Crippen molar-refractivity contribution in [2.24, 2.45) is 0 Å². The molecule has 1 fully saturated rings. The molecule has 0 radical (unpaired) electrons. The fourth-order valence-electron chi connectivity index (χ4n) is 3.50. The molecule has 0 atom stereocenters. The van der Waals surface area contributed by atoms with E-state index in [2.05, 4.69) is 10.6 Å². The Kier molecular flexibility index (Phi) is 6.58. The summed E-state index contributed by atoms with van der Waals surface area (Å²) in [5.74, 6) is -2.32. The number of imide groups is 2. The van der Waals surface area contributed by atoms with Gasteiger partial charge < -0.3 is 10.1 Å². The molecular formula is C20H23N3O6. The highest BCUT2D eigenvalue weighted by molar-refractivity contribution is 6.09. The highest BCUT2D eigenvalue weighted by Crippen LogP contribution is 2.20. The number of nitrogens with one attached hydrogen (secondary N) is 2. The van der Waals surface area contributed by atoms with Crippen LogP contribution < -0.4 is 10.6 Å². The Hall–Kier alpha value is -3.23. The summed E-state index contributed by atoms with van der Waals surface area (Å²) in [6.07, 6.45) is 3.72. The third-order valence-corrected chi connectivity index (χ3v) is 4.98. The highest BCUT2D eigenvalue weighted by atomic mass is 16.5. The van der Waals surface area contributed by atoms with Crippen LogP contribution in [0, 0.1) is 0 Å². The first kappa shape index (κ1) is 20.5. The van der Waals surface area contributed by atoms with Gasteiger partial charge in [0.05, 0.1) is 12.8 Å². The van der Waals surface area contributed by atoms with Gasteiger partial charge >= 0.3 is 12.0 Å². The summed E-state index contributed by atoms with van der Waals surface area (Å²) >= 11 is 0. The van der Waals surface area contributed by atoms with Crippen molar-refractivity contribution in [3.05, 3.63) is 35.4 Å². The fraction of sp³-hybridized carbons (Fsp3) is 0.450. The summed E-state index contributed by atoms with van der Waals surface area (Å²) in [6.45, 7) is -0.740. The van der Waals surface area contributed by atoms with Crippen molar-refractivity contribution in [2.75, 3.05) is 13.2 Å². The van der Waals surface area contributed by atoms with Crippen LogP contribution in [0.2, 0.25) is 0 Å². The maximum Gasteiger partial charge on any atom is 0.321 e. The third kappa shape index (κ3) is 5.40. The van der Waals surface area contributed by atoms with Crippen LogP contribution in [0.5, 0.6) is 0 Å². The van der Waals surface area contributed by atoms with E-state index in [1.807, 2.05) is 0 Å². The van der Waals surface area contributed by atoms with Crippen LogP contribution in [0.4, 0.5) is 4.79 Å². The summed E-state index contributed by atoms with van der Waals surface area (Å²) in [4.78, 5) is 60.8. The minimum Gasteiger partial charge on any atom is -0.456 e. The van der Waals surface area contributed by atoms with Crippen LogP contribution in [-0.4, -0.2) is 53.8 Å². The third-order valence-electron chi connectivity index (χ3n) is 4.98. The number of amides is 5. The number of carbonyl (C=O) groups excluding carboxylic acids is 5. The molecule has 1 aliphatic carbocycles. The molecule has 29 heavy (non-hydrogen) atoms. The summed E-state index contributed by atoms with van der Waals surface area (Å²) in [6, 6.07) is 6.27. The second-order valence-electron chi connectivity index (χ2n) is 7.10. The second-order valence-corrected chi connectivity index (χ2v) is 7.10. The van der Waals surface area contributed by atoms with Gasteiger partial charge in [-0.1, -0.05) is 31.0 Å². The van der Waals surface area contributed by atoms with Gasteiger partial charge in [0, 0.05) is 18.2 Å². The maximum atomic E-state index is 12.4. The Bertz CT molecular complexity index is 831. The van der Waals surface area contributed by atoms with Crippen LogP contribution in [0.1, 0.15) is 48.0 Å². The van der Waals surface area contributed by atoms with Crippen molar-refractivity contribution < 1.29 is 28.7 Å². The Morgan fingerprint density at radius 2 is 1.83 bits per heavy atom. The van der Waals surface area contributed by atoms with Crippen LogP contribution >= 0.6 is 0 Å². The number of nitrogens with zero attached hydrogens (tertiary/aromatic N) is 1. The molecule has 3 rings (SSSR count). The molecule has 2 aliphatic rings. The zero-order chi connectivity index (χ0) is 20.8. The number of rotatable bonds is 6. The van der Waals surface area contributed by atoms with Gasteiger partial charge in [0.2, 0.25) is 5.91 Å². The van der Waals surface area contributed by atoms with Crippen LogP contribution in [-0.2, 0) is 25.5 Å². The highest BCUT2D eigenvalue weighted by Gasteiger charge is 2.30. The predicted octanol–water partition coefficient (Wildman–Crippen LogP) is 0.913. The normalized spacial score (nSPS) is 16.3. The largest absolute Gasteiger partial charge is 0.456 e. The van der Waals surface area contributed by atoms with Crippen molar-refractivity contribution in [3.8, 4) is 0 Å². The van der Waals surface area contributed by atoms with Crippen molar-refractivity contribution >= 4 is 29.7 Å². The van der Waals surface area contributed by atoms with Gasteiger partial charge in [-0.25, -0.2) is 4.79 Å². The topological polar surface area (TPSA) is 122 Å². The number of fused-ring (bicyclic) bond motifs is 1. The van der Waals surface area contributed by atoms with Crippen molar-refractivity contribution in [2.45, 2.75) is 44.6 Å². The zero-order valence-electron chi connectivity index (χ0n) is 15.9. The quantitative estimate of drug-likeness (QED) is 0.540. The molecule has 5 amide bonds. The molecule has 0 unspecified atom stereocenters. The second kappa shape index (κ2) is 9.31. The van der Waals surface area contributed by atoms with Gasteiger partial charge in [-0.3, -0.25) is 29.4 Å². The first-order valence-electron chi connectivity index (χ1n) is 9.62. The van der Waals surface area contributed by atoms with Crippen molar-refractivity contribution in [1.82, 2.24) is 15.5 Å². The number of carbonyl (C=O) groups is 5. The predicted molar refractivity (Wildman–Crippen MR) is 101 cm³/mol. The van der Waals surface area contributed by atoms with Gasteiger partial charge in [0.15, 0.2) is 6.61 Å². The Labute approximate surface area is 167 Å². The fourth-order valence-corrected chi connectivity index (χ4v) is 3.50. The van der Waals surface area contributed by atoms with E-state index in [-0.39, 0.29) is 31.3 Å². The average molecular weight is 401 g/mol. The van der Waals surface area contributed by atoms with E-state index in [4.69, 9.17) is 4.74 Å². The molecule has 154 valence electrons. The number of ether oxygens (including phenoxy) is 1. The number of esters is 1. The number of benzene rings is 1. The molecule has 0 saturated heterocycles. The van der Waals surface area contributed by atoms with Crippen molar-refractivity contribution in [1.29, 1.82) is 0 Å². The smallest absolute Gasteiger partial charge is 0.321 e. The standard InChI is InChI=1S/C20H23N3O6/c24-16(22-20(28)21-14-6-2-3-7-14)12-29-18(26)9-10-23-17(25)11-13-5-1-4-8-15(13)19(23)27/h1,4-5,8,14H,2-3,6-7,9-12H2,(H2,21,22,24,28). The molecule has 1 aromatic carbocycles.